The fourth-order valence-electron chi connectivity index (χ4n) is 1.11. The number of hydrogen-bond acceptors (Lipinski definition) is 1. The molecule has 1 nitrogen and oxygen atoms in total. The summed E-state index contributed by atoms with van der Waals surface area (Å²) in [5.74, 6) is 0.247. The second-order valence-electron chi connectivity index (χ2n) is 3.29. The van der Waals surface area contributed by atoms with Crippen molar-refractivity contribution < 1.29 is 4.79 Å². The number of benzene rings is 1. The van der Waals surface area contributed by atoms with E-state index in [0.29, 0.717) is 6.42 Å². The third-order valence-corrected chi connectivity index (χ3v) is 2.86. The Balaban J connectivity index is 2.68. The minimum Gasteiger partial charge on any atom is -0.300 e. The molecule has 70 valence electrons. The molecule has 0 aliphatic heterocycles. The van der Waals surface area contributed by atoms with Crippen LogP contribution >= 0.6 is 15.9 Å². The summed E-state index contributed by atoms with van der Waals surface area (Å²) < 4.78 is 1.12. The van der Waals surface area contributed by atoms with Gasteiger partial charge in [0.25, 0.3) is 0 Å². The van der Waals surface area contributed by atoms with Crippen LogP contribution in [0.3, 0.4) is 0 Å². The Morgan fingerprint density at radius 2 is 2.15 bits per heavy atom. The topological polar surface area (TPSA) is 17.1 Å². The van der Waals surface area contributed by atoms with E-state index >= 15 is 0 Å². The maximum Gasteiger partial charge on any atom is 0.130 e. The Morgan fingerprint density at radius 3 is 2.69 bits per heavy atom. The Hall–Kier alpha value is -0.630. The number of halogens is 1. The molecule has 1 rings (SSSR count). The van der Waals surface area contributed by atoms with Gasteiger partial charge in [-0.1, -0.05) is 28.1 Å². The first-order valence-electron chi connectivity index (χ1n) is 4.34. The van der Waals surface area contributed by atoms with E-state index in [-0.39, 0.29) is 5.78 Å². The van der Waals surface area contributed by atoms with E-state index in [9.17, 15) is 4.79 Å². The molecule has 1 aromatic rings. The van der Waals surface area contributed by atoms with Crippen molar-refractivity contribution in [2.45, 2.75) is 26.7 Å². The van der Waals surface area contributed by atoms with Crippen LogP contribution in [0.15, 0.2) is 22.7 Å². The van der Waals surface area contributed by atoms with Gasteiger partial charge in [-0.05, 0) is 37.5 Å². The van der Waals surface area contributed by atoms with Crippen molar-refractivity contribution in [2.75, 3.05) is 0 Å². The number of Topliss-reactive ketones (excluding diaryl/α,β-unsaturated/α-hetero) is 1. The van der Waals surface area contributed by atoms with E-state index in [1.165, 1.54) is 11.1 Å². The van der Waals surface area contributed by atoms with E-state index in [1.807, 2.05) is 0 Å². The zero-order valence-electron chi connectivity index (χ0n) is 7.93. The fourth-order valence-corrected chi connectivity index (χ4v) is 1.54. The van der Waals surface area contributed by atoms with Gasteiger partial charge in [-0.25, -0.2) is 0 Å². The van der Waals surface area contributed by atoms with Gasteiger partial charge in [0.15, 0.2) is 0 Å². The summed E-state index contributed by atoms with van der Waals surface area (Å²) in [6, 6.07) is 6.22. The summed E-state index contributed by atoms with van der Waals surface area (Å²) in [6.07, 6.45) is 1.48. The highest BCUT2D eigenvalue weighted by Gasteiger charge is 1.99. The zero-order valence-corrected chi connectivity index (χ0v) is 9.52. The van der Waals surface area contributed by atoms with Gasteiger partial charge in [-0.15, -0.1) is 0 Å². The van der Waals surface area contributed by atoms with Crippen LogP contribution in [0.5, 0.6) is 0 Å². The molecule has 0 radical (unpaired) electrons. The van der Waals surface area contributed by atoms with Gasteiger partial charge < -0.3 is 4.79 Å². The number of rotatable bonds is 3. The molecule has 0 aliphatic rings. The fraction of sp³-hybridized carbons (Fsp3) is 0.364. The molecular weight excluding hydrogens is 228 g/mol. The number of carbonyl (C=O) groups is 1. The van der Waals surface area contributed by atoms with Crippen molar-refractivity contribution in [1.29, 1.82) is 0 Å². The van der Waals surface area contributed by atoms with Crippen LogP contribution in [-0.4, -0.2) is 5.78 Å². The molecule has 0 atom stereocenters. The predicted molar refractivity (Wildman–Crippen MR) is 57.9 cm³/mol. The minimum atomic E-state index is 0.247. The minimum absolute atomic E-state index is 0.247. The van der Waals surface area contributed by atoms with Gasteiger partial charge in [0.2, 0.25) is 0 Å². The second-order valence-corrected chi connectivity index (χ2v) is 4.14. The first-order chi connectivity index (χ1) is 6.09. The largest absolute Gasteiger partial charge is 0.300 e. The van der Waals surface area contributed by atoms with Gasteiger partial charge in [0.1, 0.15) is 5.78 Å². The molecule has 0 spiro atoms. The summed E-state index contributed by atoms with van der Waals surface area (Å²) in [7, 11) is 0. The molecule has 0 aromatic heterocycles. The lowest BCUT2D eigenvalue weighted by molar-refractivity contribution is -0.116. The van der Waals surface area contributed by atoms with Crippen LogP contribution in [0.4, 0.5) is 0 Å². The van der Waals surface area contributed by atoms with Crippen LogP contribution in [0.2, 0.25) is 0 Å². The molecule has 13 heavy (non-hydrogen) atoms. The SMILES string of the molecule is CC(=O)CCc1ccc(C)c(Br)c1. The number of hydrogen-bond donors (Lipinski definition) is 0. The third-order valence-electron chi connectivity index (χ3n) is 2.00. The molecule has 1 aromatic carbocycles. The lowest BCUT2D eigenvalue weighted by Crippen LogP contribution is -1.94. The van der Waals surface area contributed by atoms with Gasteiger partial charge in [-0.2, -0.15) is 0 Å². The highest BCUT2D eigenvalue weighted by molar-refractivity contribution is 9.10. The molecule has 0 aliphatic carbocycles. The molecule has 0 amide bonds. The third kappa shape index (κ3) is 3.31. The number of carbonyl (C=O) groups excluding carboxylic acids is 1. The zero-order chi connectivity index (χ0) is 9.84. The Morgan fingerprint density at radius 1 is 1.46 bits per heavy atom. The van der Waals surface area contributed by atoms with Gasteiger partial charge in [-0.3, -0.25) is 0 Å². The predicted octanol–water partition coefficient (Wildman–Crippen LogP) is 3.28. The van der Waals surface area contributed by atoms with Crippen molar-refractivity contribution in [3.05, 3.63) is 33.8 Å². The average Bonchev–Trinajstić information content (AvgIpc) is 2.07. The summed E-state index contributed by atoms with van der Waals surface area (Å²) in [5.41, 5.74) is 2.44. The molecule has 0 fully saturated rings. The quantitative estimate of drug-likeness (QED) is 0.793. The lowest BCUT2D eigenvalue weighted by atomic mass is 10.1. The first kappa shape index (κ1) is 10.5. The monoisotopic (exact) mass is 240 g/mol. The molecule has 0 saturated heterocycles. The van der Waals surface area contributed by atoms with Crippen molar-refractivity contribution in [1.82, 2.24) is 0 Å². The number of ketones is 1. The molecule has 0 N–H and O–H groups in total. The van der Waals surface area contributed by atoms with Crippen LogP contribution in [0.1, 0.15) is 24.5 Å². The van der Waals surface area contributed by atoms with Crippen molar-refractivity contribution in [2.24, 2.45) is 0 Å². The van der Waals surface area contributed by atoms with Crippen LogP contribution in [0.25, 0.3) is 0 Å². The second kappa shape index (κ2) is 4.56. The van der Waals surface area contributed by atoms with E-state index < -0.39 is 0 Å². The Kier molecular flexibility index (Phi) is 3.67. The Bertz CT molecular complexity index is 318. The summed E-state index contributed by atoms with van der Waals surface area (Å²) >= 11 is 3.47. The highest BCUT2D eigenvalue weighted by Crippen LogP contribution is 2.18. The number of aryl methyl sites for hydroxylation is 2. The van der Waals surface area contributed by atoms with Crippen LogP contribution < -0.4 is 0 Å². The first-order valence-corrected chi connectivity index (χ1v) is 5.13. The molecule has 0 heterocycles. The van der Waals surface area contributed by atoms with Crippen molar-refractivity contribution in [3.63, 3.8) is 0 Å². The van der Waals surface area contributed by atoms with Crippen LogP contribution in [0, 0.1) is 6.92 Å². The van der Waals surface area contributed by atoms with E-state index in [0.717, 1.165) is 10.9 Å². The molecular formula is C11H13BrO. The summed E-state index contributed by atoms with van der Waals surface area (Å²) in [6.45, 7) is 3.68. The van der Waals surface area contributed by atoms with Crippen molar-refractivity contribution in [3.8, 4) is 0 Å². The van der Waals surface area contributed by atoms with E-state index in [4.69, 9.17) is 0 Å². The molecule has 0 unspecified atom stereocenters. The highest BCUT2D eigenvalue weighted by atomic mass is 79.9. The summed E-state index contributed by atoms with van der Waals surface area (Å²) in [4.78, 5) is 10.8. The van der Waals surface area contributed by atoms with Gasteiger partial charge >= 0.3 is 0 Å². The van der Waals surface area contributed by atoms with Crippen LogP contribution in [-0.2, 0) is 11.2 Å². The molecule has 0 bridgehead atoms. The van der Waals surface area contributed by atoms with Crippen molar-refractivity contribution >= 4 is 21.7 Å². The van der Waals surface area contributed by atoms with E-state index in [1.54, 1.807) is 6.92 Å². The summed E-state index contributed by atoms with van der Waals surface area (Å²) in [5, 5.41) is 0. The van der Waals surface area contributed by atoms with Gasteiger partial charge in [0.05, 0.1) is 0 Å². The molecule has 2 heteroatoms. The average molecular weight is 241 g/mol. The molecule has 0 saturated carbocycles. The Labute approximate surface area is 87.3 Å². The normalized spacial score (nSPS) is 10.1. The van der Waals surface area contributed by atoms with E-state index in [2.05, 4.69) is 41.1 Å². The smallest absolute Gasteiger partial charge is 0.130 e. The lowest BCUT2D eigenvalue weighted by Gasteiger charge is -2.02. The maximum atomic E-state index is 10.8. The standard InChI is InChI=1S/C11H13BrO/c1-8-3-5-10(7-11(8)12)6-4-9(2)13/h3,5,7H,4,6H2,1-2H3. The maximum absolute atomic E-state index is 10.8. The van der Waals surface area contributed by atoms with Gasteiger partial charge in [0, 0.05) is 10.9 Å².